The second-order valence-electron chi connectivity index (χ2n) is 5.02. The molecular formula is C14H27NO3. The van der Waals surface area contributed by atoms with Crippen LogP contribution >= 0.6 is 0 Å². The van der Waals surface area contributed by atoms with E-state index >= 15 is 0 Å². The molecule has 0 rings (SSSR count). The van der Waals surface area contributed by atoms with E-state index in [1.54, 1.807) is 11.8 Å². The Morgan fingerprint density at radius 1 is 1.11 bits per heavy atom. The van der Waals surface area contributed by atoms with E-state index in [2.05, 4.69) is 0 Å². The fourth-order valence-electron chi connectivity index (χ4n) is 2.00. The molecule has 4 nitrogen and oxygen atoms in total. The van der Waals surface area contributed by atoms with E-state index in [4.69, 9.17) is 4.74 Å². The second kappa shape index (κ2) is 8.11. The molecule has 0 aliphatic carbocycles. The lowest BCUT2D eigenvalue weighted by atomic mass is 10.00. The van der Waals surface area contributed by atoms with Gasteiger partial charge < -0.3 is 9.64 Å². The van der Waals surface area contributed by atoms with Crippen LogP contribution in [0.25, 0.3) is 0 Å². The van der Waals surface area contributed by atoms with Gasteiger partial charge in [0.25, 0.3) is 0 Å². The van der Waals surface area contributed by atoms with Gasteiger partial charge in [0.1, 0.15) is 0 Å². The van der Waals surface area contributed by atoms with Crippen molar-refractivity contribution in [1.82, 2.24) is 4.90 Å². The van der Waals surface area contributed by atoms with E-state index in [0.29, 0.717) is 6.54 Å². The Kier molecular flexibility index (Phi) is 7.64. The number of hydrogen-bond donors (Lipinski definition) is 0. The van der Waals surface area contributed by atoms with E-state index in [9.17, 15) is 9.59 Å². The van der Waals surface area contributed by atoms with Crippen LogP contribution in [0.15, 0.2) is 0 Å². The first-order valence-corrected chi connectivity index (χ1v) is 6.77. The molecule has 0 bridgehead atoms. The summed E-state index contributed by atoms with van der Waals surface area (Å²) in [4.78, 5) is 25.6. The summed E-state index contributed by atoms with van der Waals surface area (Å²) >= 11 is 0. The standard InChI is InChI=1S/C14H27NO3/c1-7-12(8-2)13(16)15(10(3)4)9-11(5)14(17)18-6/h10-12H,7-9H2,1-6H3. The monoisotopic (exact) mass is 257 g/mol. The van der Waals surface area contributed by atoms with Crippen molar-refractivity contribution in [1.29, 1.82) is 0 Å². The summed E-state index contributed by atoms with van der Waals surface area (Å²) in [7, 11) is 1.38. The summed E-state index contributed by atoms with van der Waals surface area (Å²) in [5.41, 5.74) is 0. The molecule has 0 aliphatic rings. The Hall–Kier alpha value is -1.06. The molecule has 0 aromatic carbocycles. The summed E-state index contributed by atoms with van der Waals surface area (Å²) in [6, 6.07) is 0.102. The Morgan fingerprint density at radius 3 is 1.94 bits per heavy atom. The lowest BCUT2D eigenvalue weighted by Crippen LogP contribution is -2.44. The summed E-state index contributed by atoms with van der Waals surface area (Å²) in [5.74, 6) is -0.350. The molecule has 0 saturated carbocycles. The van der Waals surface area contributed by atoms with Gasteiger partial charge in [-0.3, -0.25) is 9.59 Å². The summed E-state index contributed by atoms with van der Waals surface area (Å²) in [6.45, 7) is 10.2. The molecular weight excluding hydrogens is 230 g/mol. The van der Waals surface area contributed by atoms with Crippen LogP contribution in [0.2, 0.25) is 0 Å². The van der Waals surface area contributed by atoms with Gasteiger partial charge >= 0.3 is 5.97 Å². The number of amides is 1. The van der Waals surface area contributed by atoms with Gasteiger partial charge in [-0.15, -0.1) is 0 Å². The molecule has 4 heteroatoms. The van der Waals surface area contributed by atoms with Gasteiger partial charge in [-0.2, -0.15) is 0 Å². The fraction of sp³-hybridized carbons (Fsp3) is 0.857. The lowest BCUT2D eigenvalue weighted by molar-refractivity contribution is -0.147. The van der Waals surface area contributed by atoms with Crippen LogP contribution in [0.1, 0.15) is 47.5 Å². The number of hydrogen-bond acceptors (Lipinski definition) is 3. The minimum atomic E-state index is -0.282. The first-order chi connectivity index (χ1) is 8.38. The van der Waals surface area contributed by atoms with Crippen molar-refractivity contribution in [3.63, 3.8) is 0 Å². The predicted octanol–water partition coefficient (Wildman–Crippen LogP) is 2.47. The zero-order valence-electron chi connectivity index (χ0n) is 12.5. The van der Waals surface area contributed by atoms with Crippen LogP contribution in [0.3, 0.4) is 0 Å². The number of carbonyl (C=O) groups is 2. The zero-order chi connectivity index (χ0) is 14.3. The summed E-state index contributed by atoms with van der Waals surface area (Å²) in [6.07, 6.45) is 1.68. The molecule has 0 spiro atoms. The molecule has 0 N–H and O–H groups in total. The molecule has 18 heavy (non-hydrogen) atoms. The molecule has 0 aromatic heterocycles. The molecule has 1 amide bonds. The van der Waals surface area contributed by atoms with Crippen molar-refractivity contribution in [3.8, 4) is 0 Å². The number of methoxy groups -OCH3 is 1. The number of esters is 1. The normalized spacial score (nSPS) is 12.7. The molecule has 0 radical (unpaired) electrons. The number of carbonyl (C=O) groups excluding carboxylic acids is 2. The first kappa shape index (κ1) is 16.9. The third-order valence-electron chi connectivity index (χ3n) is 3.32. The average molecular weight is 257 g/mol. The smallest absolute Gasteiger partial charge is 0.310 e. The van der Waals surface area contributed by atoms with Gasteiger partial charge in [0, 0.05) is 18.5 Å². The molecule has 0 fully saturated rings. The van der Waals surface area contributed by atoms with Gasteiger partial charge in [0.05, 0.1) is 13.0 Å². The molecule has 1 atom stereocenters. The van der Waals surface area contributed by atoms with E-state index in [1.165, 1.54) is 7.11 Å². The molecule has 0 saturated heterocycles. The lowest BCUT2D eigenvalue weighted by Gasteiger charge is -2.31. The van der Waals surface area contributed by atoms with Crippen molar-refractivity contribution in [2.45, 2.75) is 53.5 Å². The minimum Gasteiger partial charge on any atom is -0.469 e. The Morgan fingerprint density at radius 2 is 1.61 bits per heavy atom. The molecule has 0 aromatic rings. The third kappa shape index (κ3) is 4.67. The average Bonchev–Trinajstić information content (AvgIpc) is 2.35. The maximum Gasteiger partial charge on any atom is 0.310 e. The highest BCUT2D eigenvalue weighted by molar-refractivity contribution is 5.80. The summed E-state index contributed by atoms with van der Waals surface area (Å²) in [5, 5.41) is 0. The van der Waals surface area contributed by atoms with Crippen molar-refractivity contribution in [2.24, 2.45) is 11.8 Å². The van der Waals surface area contributed by atoms with Gasteiger partial charge in [0.15, 0.2) is 0 Å². The highest BCUT2D eigenvalue weighted by Gasteiger charge is 2.27. The van der Waals surface area contributed by atoms with Crippen molar-refractivity contribution >= 4 is 11.9 Å². The van der Waals surface area contributed by atoms with E-state index in [-0.39, 0.29) is 29.8 Å². The van der Waals surface area contributed by atoms with Crippen molar-refractivity contribution in [3.05, 3.63) is 0 Å². The molecule has 0 heterocycles. The number of rotatable bonds is 7. The highest BCUT2D eigenvalue weighted by atomic mass is 16.5. The van der Waals surface area contributed by atoms with Crippen LogP contribution in [0, 0.1) is 11.8 Å². The van der Waals surface area contributed by atoms with Gasteiger partial charge in [-0.05, 0) is 26.7 Å². The van der Waals surface area contributed by atoms with E-state index in [0.717, 1.165) is 12.8 Å². The van der Waals surface area contributed by atoms with Crippen LogP contribution in [0.4, 0.5) is 0 Å². The third-order valence-corrected chi connectivity index (χ3v) is 3.32. The largest absolute Gasteiger partial charge is 0.469 e. The molecule has 106 valence electrons. The highest BCUT2D eigenvalue weighted by Crippen LogP contribution is 2.16. The molecule has 0 aliphatic heterocycles. The second-order valence-corrected chi connectivity index (χ2v) is 5.02. The zero-order valence-corrected chi connectivity index (χ0v) is 12.5. The maximum absolute atomic E-state index is 12.4. The van der Waals surface area contributed by atoms with Gasteiger partial charge in [0.2, 0.25) is 5.91 Å². The Balaban J connectivity index is 4.76. The predicted molar refractivity (Wildman–Crippen MR) is 72.1 cm³/mol. The Bertz CT molecular complexity index is 272. The van der Waals surface area contributed by atoms with Gasteiger partial charge in [-0.1, -0.05) is 20.8 Å². The van der Waals surface area contributed by atoms with Gasteiger partial charge in [-0.25, -0.2) is 0 Å². The van der Waals surface area contributed by atoms with E-state index in [1.807, 2.05) is 27.7 Å². The van der Waals surface area contributed by atoms with Crippen LogP contribution < -0.4 is 0 Å². The topological polar surface area (TPSA) is 46.6 Å². The first-order valence-electron chi connectivity index (χ1n) is 6.77. The maximum atomic E-state index is 12.4. The quantitative estimate of drug-likeness (QED) is 0.658. The molecule has 1 unspecified atom stereocenters. The van der Waals surface area contributed by atoms with Crippen LogP contribution in [-0.4, -0.2) is 36.5 Å². The Labute approximate surface area is 111 Å². The van der Waals surface area contributed by atoms with Crippen LogP contribution in [0.5, 0.6) is 0 Å². The summed E-state index contributed by atoms with van der Waals surface area (Å²) < 4.78 is 4.71. The van der Waals surface area contributed by atoms with Crippen LogP contribution in [-0.2, 0) is 14.3 Å². The fourth-order valence-corrected chi connectivity index (χ4v) is 2.00. The SMILES string of the molecule is CCC(CC)C(=O)N(CC(C)C(=O)OC)C(C)C. The van der Waals surface area contributed by atoms with Crippen molar-refractivity contribution in [2.75, 3.05) is 13.7 Å². The van der Waals surface area contributed by atoms with Crippen molar-refractivity contribution < 1.29 is 14.3 Å². The minimum absolute atomic E-state index is 0.0530. The van der Waals surface area contributed by atoms with E-state index < -0.39 is 0 Å². The number of nitrogens with zero attached hydrogens (tertiary/aromatic N) is 1. The number of ether oxygens (including phenoxy) is 1.